The highest BCUT2D eigenvalue weighted by Gasteiger charge is 2.22. The van der Waals surface area contributed by atoms with Crippen molar-refractivity contribution < 1.29 is 22.7 Å². The Labute approximate surface area is 242 Å². The van der Waals surface area contributed by atoms with Crippen molar-refractivity contribution in [2.45, 2.75) is 18.2 Å². The number of para-hydroxylation sites is 1. The number of aromatic nitrogens is 3. The van der Waals surface area contributed by atoms with E-state index in [0.717, 1.165) is 17.8 Å². The van der Waals surface area contributed by atoms with Crippen molar-refractivity contribution in [3.8, 4) is 21.8 Å². The lowest BCUT2D eigenvalue weighted by Crippen LogP contribution is -2.07. The molecule has 208 valence electrons. The quantitative estimate of drug-likeness (QED) is 0.126. The fraction of sp³-hybridized carbons (Fsp3) is 0.103. The summed E-state index contributed by atoms with van der Waals surface area (Å²) in [5.74, 6) is -2.38. The molecular formula is C29H22F3N5O2S2. The van der Waals surface area contributed by atoms with Crippen LogP contribution in [-0.4, -0.2) is 27.5 Å². The molecule has 0 aliphatic rings. The number of carbonyl (C=O) groups is 1. The van der Waals surface area contributed by atoms with E-state index in [4.69, 9.17) is 4.74 Å². The number of nitrogens with one attached hydrogen (secondary N) is 2. The molecule has 0 spiro atoms. The smallest absolute Gasteiger partial charge is 0.312 e. The van der Waals surface area contributed by atoms with E-state index in [2.05, 4.69) is 25.0 Å². The minimum Gasteiger partial charge on any atom is -0.466 e. The van der Waals surface area contributed by atoms with E-state index in [9.17, 15) is 13.6 Å². The van der Waals surface area contributed by atoms with Crippen molar-refractivity contribution in [2.24, 2.45) is 0 Å². The van der Waals surface area contributed by atoms with Crippen molar-refractivity contribution in [1.82, 2.24) is 15.0 Å². The Morgan fingerprint density at radius 1 is 0.951 bits per heavy atom. The van der Waals surface area contributed by atoms with Crippen molar-refractivity contribution in [3.05, 3.63) is 101 Å². The Morgan fingerprint density at radius 3 is 2.46 bits per heavy atom. The van der Waals surface area contributed by atoms with Crippen LogP contribution >= 0.6 is 23.3 Å². The third kappa shape index (κ3) is 6.67. The number of benzene rings is 3. The first kappa shape index (κ1) is 28.1. The largest absolute Gasteiger partial charge is 0.466 e. The average Bonchev–Trinajstić information content (AvgIpc) is 3.37. The molecule has 0 unspecified atom stereocenters. The zero-order chi connectivity index (χ0) is 28.8. The van der Waals surface area contributed by atoms with Crippen LogP contribution in [0.15, 0.2) is 83.9 Å². The summed E-state index contributed by atoms with van der Waals surface area (Å²) in [6.07, 6.45) is 1.46. The van der Waals surface area contributed by atoms with Gasteiger partial charge in [0, 0.05) is 17.4 Å². The summed E-state index contributed by atoms with van der Waals surface area (Å²) in [4.78, 5) is 25.9. The van der Waals surface area contributed by atoms with Gasteiger partial charge in [-0.3, -0.25) is 4.79 Å². The Hall–Kier alpha value is -4.42. The number of thiazole rings is 1. The number of nitrogens with zero attached hydrogens (tertiary/aromatic N) is 3. The molecule has 2 heterocycles. The molecular weight excluding hydrogens is 571 g/mol. The van der Waals surface area contributed by atoms with Gasteiger partial charge in [0.05, 0.1) is 39.9 Å². The van der Waals surface area contributed by atoms with E-state index in [0.29, 0.717) is 33.5 Å². The third-order valence-electron chi connectivity index (χ3n) is 5.63. The van der Waals surface area contributed by atoms with Gasteiger partial charge in [-0.2, -0.15) is 0 Å². The fourth-order valence-electron chi connectivity index (χ4n) is 3.81. The van der Waals surface area contributed by atoms with Gasteiger partial charge in [-0.15, -0.1) is 11.3 Å². The number of esters is 1. The van der Waals surface area contributed by atoms with E-state index in [1.54, 1.807) is 25.3 Å². The first-order valence-corrected chi connectivity index (χ1v) is 14.0. The second-order valence-corrected chi connectivity index (χ2v) is 10.3. The lowest BCUT2D eigenvalue weighted by atomic mass is 10.1. The summed E-state index contributed by atoms with van der Waals surface area (Å²) < 4.78 is 51.9. The highest BCUT2D eigenvalue weighted by molar-refractivity contribution is 8.00. The molecule has 0 aliphatic carbocycles. The SMILES string of the molecule is CCOC(=O)Cc1nc(-c2cccc(NSc3c(F)cccc3F)c2F)c(-c2ccnc(Nc3ccccc3)n2)s1. The molecule has 0 saturated heterocycles. The molecule has 2 N–H and O–H groups in total. The van der Waals surface area contributed by atoms with E-state index in [1.807, 2.05) is 30.3 Å². The zero-order valence-corrected chi connectivity index (χ0v) is 23.2. The Morgan fingerprint density at radius 2 is 1.71 bits per heavy atom. The van der Waals surface area contributed by atoms with Crippen LogP contribution in [0.3, 0.4) is 0 Å². The van der Waals surface area contributed by atoms with Crippen molar-refractivity contribution >= 4 is 46.6 Å². The fourth-order valence-corrected chi connectivity index (χ4v) is 5.54. The molecule has 0 aliphatic heterocycles. The van der Waals surface area contributed by atoms with Gasteiger partial charge in [-0.1, -0.05) is 30.3 Å². The van der Waals surface area contributed by atoms with Crippen molar-refractivity contribution in [1.29, 1.82) is 0 Å². The molecule has 12 heteroatoms. The summed E-state index contributed by atoms with van der Waals surface area (Å²) in [5.41, 5.74) is 1.60. The molecule has 3 aromatic carbocycles. The van der Waals surface area contributed by atoms with E-state index in [1.165, 1.54) is 29.5 Å². The monoisotopic (exact) mass is 593 g/mol. The summed E-state index contributed by atoms with van der Waals surface area (Å²) in [6.45, 7) is 1.92. The minimum absolute atomic E-state index is 0.00448. The molecule has 0 atom stereocenters. The molecule has 5 aromatic rings. The van der Waals surface area contributed by atoms with Crippen molar-refractivity contribution in [2.75, 3.05) is 16.6 Å². The maximum absolute atomic E-state index is 15.9. The Kier molecular flexibility index (Phi) is 8.80. The number of halogens is 3. The average molecular weight is 594 g/mol. The number of anilines is 3. The predicted octanol–water partition coefficient (Wildman–Crippen LogP) is 7.65. The first-order chi connectivity index (χ1) is 19.9. The highest BCUT2D eigenvalue weighted by Crippen LogP contribution is 2.40. The van der Waals surface area contributed by atoms with Gasteiger partial charge in [0.1, 0.15) is 16.6 Å². The van der Waals surface area contributed by atoms with Crippen LogP contribution < -0.4 is 10.0 Å². The van der Waals surface area contributed by atoms with Gasteiger partial charge in [0.25, 0.3) is 0 Å². The first-order valence-electron chi connectivity index (χ1n) is 12.4. The minimum atomic E-state index is -0.770. The maximum atomic E-state index is 15.9. The Balaban J connectivity index is 1.52. The summed E-state index contributed by atoms with van der Waals surface area (Å²) in [7, 11) is 0. The molecule has 0 amide bonds. The highest BCUT2D eigenvalue weighted by atomic mass is 32.2. The van der Waals surface area contributed by atoms with Gasteiger partial charge < -0.3 is 14.8 Å². The van der Waals surface area contributed by atoms with E-state index in [-0.39, 0.29) is 34.9 Å². The van der Waals surface area contributed by atoms with Crippen LogP contribution in [0, 0.1) is 17.5 Å². The van der Waals surface area contributed by atoms with Crippen LogP contribution in [0.25, 0.3) is 21.8 Å². The summed E-state index contributed by atoms with van der Waals surface area (Å²) in [6, 6.07) is 19.1. The van der Waals surface area contributed by atoms with Gasteiger partial charge in [0.2, 0.25) is 5.95 Å². The molecule has 7 nitrogen and oxygen atoms in total. The zero-order valence-electron chi connectivity index (χ0n) is 21.5. The summed E-state index contributed by atoms with van der Waals surface area (Å²) in [5, 5.41) is 3.54. The summed E-state index contributed by atoms with van der Waals surface area (Å²) >= 11 is 1.80. The predicted molar refractivity (Wildman–Crippen MR) is 154 cm³/mol. The van der Waals surface area contributed by atoms with Gasteiger partial charge >= 0.3 is 5.97 Å². The van der Waals surface area contributed by atoms with Crippen LogP contribution in [0.1, 0.15) is 11.9 Å². The van der Waals surface area contributed by atoms with Crippen LogP contribution in [0.2, 0.25) is 0 Å². The molecule has 41 heavy (non-hydrogen) atoms. The topological polar surface area (TPSA) is 89.0 Å². The van der Waals surface area contributed by atoms with E-state index < -0.39 is 23.4 Å². The second kappa shape index (κ2) is 12.8. The molecule has 0 radical (unpaired) electrons. The van der Waals surface area contributed by atoms with Crippen LogP contribution in [0.4, 0.5) is 30.5 Å². The maximum Gasteiger partial charge on any atom is 0.312 e. The number of hydrogen-bond donors (Lipinski definition) is 2. The van der Waals surface area contributed by atoms with Crippen molar-refractivity contribution in [3.63, 3.8) is 0 Å². The van der Waals surface area contributed by atoms with Crippen LogP contribution in [0.5, 0.6) is 0 Å². The Bertz CT molecular complexity index is 1660. The lowest BCUT2D eigenvalue weighted by Gasteiger charge is -2.11. The normalized spacial score (nSPS) is 10.8. The third-order valence-corrected chi connectivity index (χ3v) is 7.62. The standard InChI is InChI=1S/C29H22F3N5O2S2/c1-2-39-24(38)16-23-36-26(28(40-23)22-14-15-33-29(35-22)34-17-8-4-3-5-9-17)18-10-6-13-21(25(18)32)37-41-27-19(30)11-7-12-20(27)31/h3-15,37H,2,16H2,1H3,(H,33,34,35). The molecule has 0 fully saturated rings. The van der Waals surface area contributed by atoms with Crippen LogP contribution in [-0.2, 0) is 16.0 Å². The van der Waals surface area contributed by atoms with E-state index >= 15 is 4.39 Å². The second-order valence-electron chi connectivity index (χ2n) is 8.45. The lowest BCUT2D eigenvalue weighted by molar-refractivity contribution is -0.142. The molecule has 0 saturated carbocycles. The van der Waals surface area contributed by atoms with Gasteiger partial charge in [-0.25, -0.2) is 28.1 Å². The molecule has 0 bridgehead atoms. The van der Waals surface area contributed by atoms with Gasteiger partial charge in [-0.05, 0) is 61.3 Å². The number of carbonyl (C=O) groups excluding carboxylic acids is 1. The number of hydrogen-bond acceptors (Lipinski definition) is 9. The number of rotatable bonds is 10. The molecule has 2 aromatic heterocycles. The number of ether oxygens (including phenoxy) is 1. The van der Waals surface area contributed by atoms with Gasteiger partial charge in [0.15, 0.2) is 5.82 Å². The molecule has 5 rings (SSSR count).